The van der Waals surface area contributed by atoms with Crippen LogP contribution in [0.2, 0.25) is 0 Å². The largest absolute Gasteiger partial charge is 0.378 e. The Kier molecular flexibility index (Phi) is 3.70. The molecule has 0 bridgehead atoms. The van der Waals surface area contributed by atoms with Crippen molar-refractivity contribution >= 4 is 36.8 Å². The molecule has 0 N–H and O–H groups in total. The molecule has 0 spiro atoms. The Hall–Kier alpha value is -1.86. The molecule has 0 saturated carbocycles. The van der Waals surface area contributed by atoms with Gasteiger partial charge in [0.05, 0.1) is 4.47 Å². The Morgan fingerprint density at radius 3 is 2.55 bits per heavy atom. The van der Waals surface area contributed by atoms with Gasteiger partial charge in [0.15, 0.2) is 16.4 Å². The minimum absolute atomic E-state index is 0.0347. The van der Waals surface area contributed by atoms with Crippen molar-refractivity contribution in [2.75, 3.05) is 0 Å². The summed E-state index contributed by atoms with van der Waals surface area (Å²) in [5, 5.41) is 5.50. The van der Waals surface area contributed by atoms with E-state index in [4.69, 9.17) is 8.71 Å². The summed E-state index contributed by atoms with van der Waals surface area (Å²) in [6, 6.07) is 11.0. The molecule has 0 aliphatic carbocycles. The summed E-state index contributed by atoms with van der Waals surface area (Å²) in [4.78, 5) is -0.0347. The Balaban J connectivity index is 2.08. The molecule has 0 fully saturated rings. The van der Waals surface area contributed by atoms with Crippen LogP contribution >= 0.6 is 15.9 Å². The van der Waals surface area contributed by atoms with Crippen LogP contribution in [0.25, 0.3) is 10.8 Å². The average Bonchev–Trinajstić information content (AvgIpc) is 2.82. The maximum Gasteiger partial charge on any atom is 0.344 e. The van der Waals surface area contributed by atoms with Crippen molar-refractivity contribution in [1.29, 1.82) is 0 Å². The fraction of sp³-hybridized carbons (Fsp3) is 0.133. The van der Waals surface area contributed by atoms with Crippen LogP contribution in [0.15, 0.2) is 50.3 Å². The van der Waals surface area contributed by atoms with Crippen LogP contribution in [0.5, 0.6) is 5.75 Å². The number of hydrogen-bond acceptors (Lipinski definition) is 5. The number of aromatic nitrogens is 1. The number of benzene rings is 2. The van der Waals surface area contributed by atoms with Gasteiger partial charge in [0, 0.05) is 0 Å². The molecule has 0 aliphatic rings. The number of aryl methyl sites for hydroxylation is 2. The second-order valence-corrected chi connectivity index (χ2v) is 7.07. The summed E-state index contributed by atoms with van der Waals surface area (Å²) in [5.74, 6) is 0.424. The smallest absolute Gasteiger partial charge is 0.344 e. The molecule has 114 valence electrons. The van der Waals surface area contributed by atoms with E-state index in [1.54, 1.807) is 19.1 Å². The van der Waals surface area contributed by atoms with Gasteiger partial charge in [0.2, 0.25) is 0 Å². The van der Waals surface area contributed by atoms with Crippen LogP contribution in [0.3, 0.4) is 0 Å². The first kappa shape index (κ1) is 15.1. The Bertz CT molecular complexity index is 943. The molecular weight excluding hydrogens is 370 g/mol. The zero-order valence-corrected chi connectivity index (χ0v) is 14.2. The van der Waals surface area contributed by atoms with E-state index in [2.05, 4.69) is 21.1 Å². The normalized spacial score (nSPS) is 11.8. The van der Waals surface area contributed by atoms with E-state index in [9.17, 15) is 8.42 Å². The van der Waals surface area contributed by atoms with E-state index in [1.807, 2.05) is 24.3 Å². The molecule has 0 radical (unpaired) electrons. The van der Waals surface area contributed by atoms with Crippen molar-refractivity contribution in [2.45, 2.75) is 18.7 Å². The zero-order chi connectivity index (χ0) is 15.9. The van der Waals surface area contributed by atoms with Gasteiger partial charge in [-0.1, -0.05) is 35.5 Å². The van der Waals surface area contributed by atoms with Crippen LogP contribution in [0.1, 0.15) is 11.5 Å². The highest BCUT2D eigenvalue weighted by Crippen LogP contribution is 2.35. The Labute approximate surface area is 136 Å². The molecule has 1 aromatic heterocycles. The SMILES string of the molecule is Cc1noc(C)c1S(=O)(=O)Oc1ccc2ccccc2c1Br. The molecule has 2 aromatic carbocycles. The zero-order valence-electron chi connectivity index (χ0n) is 11.8. The molecule has 7 heteroatoms. The maximum absolute atomic E-state index is 12.4. The monoisotopic (exact) mass is 381 g/mol. The maximum atomic E-state index is 12.4. The number of halogens is 1. The van der Waals surface area contributed by atoms with Crippen LogP contribution in [-0.2, 0) is 10.1 Å². The highest BCUT2D eigenvalue weighted by atomic mass is 79.9. The van der Waals surface area contributed by atoms with E-state index in [0.29, 0.717) is 4.47 Å². The number of hydrogen-bond donors (Lipinski definition) is 0. The lowest BCUT2D eigenvalue weighted by molar-refractivity contribution is 0.389. The predicted octanol–water partition coefficient (Wildman–Crippen LogP) is 3.97. The molecule has 1 heterocycles. The van der Waals surface area contributed by atoms with E-state index in [-0.39, 0.29) is 22.1 Å². The second kappa shape index (κ2) is 5.40. The van der Waals surface area contributed by atoms with E-state index < -0.39 is 10.1 Å². The molecule has 22 heavy (non-hydrogen) atoms. The number of nitrogens with zero attached hydrogens (tertiary/aromatic N) is 1. The van der Waals surface area contributed by atoms with E-state index in [0.717, 1.165) is 10.8 Å². The standard InChI is InChI=1S/C15H12BrNO4S/c1-9-15(10(2)20-17-9)22(18,19)21-13-8-7-11-5-3-4-6-12(11)14(13)16/h3-8H,1-2H3. The number of rotatable bonds is 3. The minimum Gasteiger partial charge on any atom is -0.378 e. The first-order chi connectivity index (χ1) is 10.4. The van der Waals surface area contributed by atoms with Crippen molar-refractivity contribution in [3.8, 4) is 5.75 Å². The Morgan fingerprint density at radius 1 is 1.14 bits per heavy atom. The number of fused-ring (bicyclic) bond motifs is 1. The molecule has 0 atom stereocenters. The first-order valence-electron chi connectivity index (χ1n) is 6.45. The molecule has 5 nitrogen and oxygen atoms in total. The van der Waals surface area contributed by atoms with Gasteiger partial charge in [0.1, 0.15) is 5.69 Å². The van der Waals surface area contributed by atoms with Gasteiger partial charge < -0.3 is 8.71 Å². The fourth-order valence-corrected chi connectivity index (χ4v) is 4.20. The van der Waals surface area contributed by atoms with Crippen molar-refractivity contribution in [3.63, 3.8) is 0 Å². The van der Waals surface area contributed by atoms with Crippen molar-refractivity contribution in [1.82, 2.24) is 5.16 Å². The predicted molar refractivity (Wildman–Crippen MR) is 85.4 cm³/mol. The van der Waals surface area contributed by atoms with Gasteiger partial charge in [-0.2, -0.15) is 8.42 Å². The second-order valence-electron chi connectivity index (χ2n) is 4.79. The fourth-order valence-electron chi connectivity index (χ4n) is 2.27. The average molecular weight is 382 g/mol. The van der Waals surface area contributed by atoms with Gasteiger partial charge in [-0.15, -0.1) is 0 Å². The van der Waals surface area contributed by atoms with Crippen molar-refractivity contribution in [3.05, 3.63) is 52.3 Å². The van der Waals surface area contributed by atoms with Gasteiger partial charge in [-0.05, 0) is 46.6 Å². The van der Waals surface area contributed by atoms with Crippen molar-refractivity contribution < 1.29 is 17.1 Å². The van der Waals surface area contributed by atoms with Gasteiger partial charge >= 0.3 is 10.1 Å². The molecule has 0 amide bonds. The Morgan fingerprint density at radius 2 is 1.86 bits per heavy atom. The molecule has 0 aliphatic heterocycles. The third-order valence-electron chi connectivity index (χ3n) is 3.25. The summed E-state index contributed by atoms with van der Waals surface area (Å²) in [6.07, 6.45) is 0. The summed E-state index contributed by atoms with van der Waals surface area (Å²) in [5.41, 5.74) is 0.273. The summed E-state index contributed by atoms with van der Waals surface area (Å²) in [7, 11) is -4.01. The van der Waals surface area contributed by atoms with E-state index >= 15 is 0 Å². The molecule has 0 saturated heterocycles. The third kappa shape index (κ3) is 2.50. The highest BCUT2D eigenvalue weighted by Gasteiger charge is 2.27. The van der Waals surface area contributed by atoms with Crippen LogP contribution in [0.4, 0.5) is 0 Å². The first-order valence-corrected chi connectivity index (χ1v) is 8.65. The quantitative estimate of drug-likeness (QED) is 0.641. The third-order valence-corrected chi connectivity index (χ3v) is 5.55. The van der Waals surface area contributed by atoms with Crippen LogP contribution in [0, 0.1) is 13.8 Å². The molecule has 0 unspecified atom stereocenters. The van der Waals surface area contributed by atoms with Gasteiger partial charge in [0.25, 0.3) is 0 Å². The molecule has 3 rings (SSSR count). The van der Waals surface area contributed by atoms with Gasteiger partial charge in [-0.3, -0.25) is 0 Å². The van der Waals surface area contributed by atoms with Gasteiger partial charge in [-0.25, -0.2) is 0 Å². The lowest BCUT2D eigenvalue weighted by atomic mass is 10.1. The van der Waals surface area contributed by atoms with Crippen LogP contribution in [-0.4, -0.2) is 13.6 Å². The lowest BCUT2D eigenvalue weighted by Gasteiger charge is -2.10. The topological polar surface area (TPSA) is 69.4 Å². The highest BCUT2D eigenvalue weighted by molar-refractivity contribution is 9.10. The minimum atomic E-state index is -4.01. The van der Waals surface area contributed by atoms with Crippen LogP contribution < -0.4 is 4.18 Å². The summed E-state index contributed by atoms with van der Waals surface area (Å²) in [6.45, 7) is 3.09. The molecular formula is C15H12BrNO4S. The van der Waals surface area contributed by atoms with Crippen molar-refractivity contribution in [2.24, 2.45) is 0 Å². The van der Waals surface area contributed by atoms with E-state index in [1.165, 1.54) is 6.92 Å². The summed E-state index contributed by atoms with van der Waals surface area (Å²) < 4.78 is 35.7. The molecule has 3 aromatic rings. The lowest BCUT2D eigenvalue weighted by Crippen LogP contribution is -2.11. The summed E-state index contributed by atoms with van der Waals surface area (Å²) >= 11 is 3.41.